The van der Waals surface area contributed by atoms with Crippen LogP contribution in [0.3, 0.4) is 0 Å². The molecule has 0 spiro atoms. The Balaban J connectivity index is 1.76. The van der Waals surface area contributed by atoms with Gasteiger partial charge in [0.15, 0.2) is 0 Å². The van der Waals surface area contributed by atoms with Gasteiger partial charge in [-0.3, -0.25) is 0 Å². The largest absolute Gasteiger partial charge is 0.261 e. The van der Waals surface area contributed by atoms with E-state index in [0.717, 1.165) is 0 Å². The number of rotatable bonds is 20. The van der Waals surface area contributed by atoms with E-state index in [1.807, 2.05) is 0 Å². The molecule has 1 aromatic carbocycles. The minimum Gasteiger partial charge on any atom is -0.234 e. The first-order valence-electron chi connectivity index (χ1n) is 14.0. The van der Waals surface area contributed by atoms with Crippen molar-refractivity contribution in [1.82, 2.24) is 4.57 Å². The minimum absolute atomic E-state index is 1.17. The summed E-state index contributed by atoms with van der Waals surface area (Å²) in [6.45, 7) is 5.76. The van der Waals surface area contributed by atoms with E-state index in [-0.39, 0.29) is 0 Å². The second-order valence-electron chi connectivity index (χ2n) is 9.67. The molecule has 0 fully saturated rings. The maximum Gasteiger partial charge on any atom is 0.261 e. The number of aromatic nitrogens is 2. The summed E-state index contributed by atoms with van der Waals surface area (Å²) in [5, 5.41) is 0. The van der Waals surface area contributed by atoms with Crippen molar-refractivity contribution >= 4 is 0 Å². The third-order valence-corrected chi connectivity index (χ3v) is 6.80. The summed E-state index contributed by atoms with van der Waals surface area (Å²) in [6.07, 6.45) is 29.4. The Labute approximate surface area is 199 Å². The zero-order valence-corrected chi connectivity index (χ0v) is 21.4. The van der Waals surface area contributed by atoms with Crippen molar-refractivity contribution in [3.05, 3.63) is 48.5 Å². The molecule has 2 aromatic rings. The lowest BCUT2D eigenvalue weighted by molar-refractivity contribution is -0.704. The van der Waals surface area contributed by atoms with Crippen LogP contribution in [0.5, 0.6) is 0 Å². The lowest BCUT2D eigenvalue weighted by Gasteiger charge is -2.06. The van der Waals surface area contributed by atoms with Crippen LogP contribution in [-0.2, 0) is 13.0 Å². The molecule has 2 heteroatoms. The highest BCUT2D eigenvalue weighted by atomic mass is 15.1. The first-order valence-corrected chi connectivity index (χ1v) is 14.0. The number of unbranched alkanes of at least 4 members (excludes halogenated alkanes) is 15. The van der Waals surface area contributed by atoms with Gasteiger partial charge in [-0.25, -0.2) is 4.57 Å². The molecule has 0 N–H and O–H groups in total. The Morgan fingerprint density at radius 1 is 0.594 bits per heavy atom. The standard InChI is InChI=1S/C30H51N2/c1-3-5-7-9-11-12-13-14-16-21-25-30-31(26-22-17-15-10-8-6-4-2)27-28-32(30)29-23-19-18-20-24-29/h18-20,23-24,27-28H,3-17,21-22,25-26H2,1-2H3/q+1. The van der Waals surface area contributed by atoms with Crippen LogP contribution >= 0.6 is 0 Å². The number of imidazole rings is 1. The third-order valence-electron chi connectivity index (χ3n) is 6.80. The van der Waals surface area contributed by atoms with Gasteiger partial charge < -0.3 is 0 Å². The van der Waals surface area contributed by atoms with Crippen LogP contribution in [0.2, 0.25) is 0 Å². The zero-order chi connectivity index (χ0) is 22.7. The van der Waals surface area contributed by atoms with E-state index >= 15 is 0 Å². The van der Waals surface area contributed by atoms with Gasteiger partial charge in [-0.1, -0.05) is 122 Å². The number of para-hydroxylation sites is 1. The van der Waals surface area contributed by atoms with Gasteiger partial charge >= 0.3 is 0 Å². The first-order chi connectivity index (χ1) is 15.9. The highest BCUT2D eigenvalue weighted by Crippen LogP contribution is 2.15. The summed E-state index contributed by atoms with van der Waals surface area (Å²) in [7, 11) is 0. The SMILES string of the molecule is CCCCCCCCCCCCc1n(-c2ccccc2)cc[n+]1CCCCCCCCC. The van der Waals surface area contributed by atoms with E-state index in [2.05, 4.69) is 65.7 Å². The fourth-order valence-electron chi connectivity index (χ4n) is 4.76. The quantitative estimate of drug-likeness (QED) is 0.144. The summed E-state index contributed by atoms with van der Waals surface area (Å²) in [6, 6.07) is 10.9. The molecule has 0 radical (unpaired) electrons. The molecule has 1 aromatic heterocycles. The summed E-state index contributed by atoms with van der Waals surface area (Å²) in [4.78, 5) is 0. The average Bonchev–Trinajstić information content (AvgIpc) is 3.23. The van der Waals surface area contributed by atoms with Crippen LogP contribution in [0.25, 0.3) is 5.69 Å². The second kappa shape index (κ2) is 17.9. The fraction of sp³-hybridized carbons (Fsp3) is 0.700. The number of hydrogen-bond donors (Lipinski definition) is 0. The molecule has 2 rings (SSSR count). The van der Waals surface area contributed by atoms with Crippen molar-refractivity contribution in [3.63, 3.8) is 0 Å². The molecule has 0 amide bonds. The molecule has 32 heavy (non-hydrogen) atoms. The molecule has 0 unspecified atom stereocenters. The van der Waals surface area contributed by atoms with E-state index in [9.17, 15) is 0 Å². The summed E-state index contributed by atoms with van der Waals surface area (Å²) in [5.74, 6) is 1.49. The van der Waals surface area contributed by atoms with Crippen LogP contribution in [0.4, 0.5) is 0 Å². The molecule has 2 nitrogen and oxygen atoms in total. The van der Waals surface area contributed by atoms with Crippen LogP contribution in [0.1, 0.15) is 129 Å². The molecular weight excluding hydrogens is 388 g/mol. The lowest BCUT2D eigenvalue weighted by Crippen LogP contribution is -2.37. The van der Waals surface area contributed by atoms with Gasteiger partial charge in [0.05, 0.1) is 6.54 Å². The van der Waals surface area contributed by atoms with Crippen molar-refractivity contribution in [2.24, 2.45) is 0 Å². The van der Waals surface area contributed by atoms with Gasteiger partial charge in [0.2, 0.25) is 0 Å². The van der Waals surface area contributed by atoms with Gasteiger partial charge in [-0.05, 0) is 31.4 Å². The van der Waals surface area contributed by atoms with Gasteiger partial charge in [0.1, 0.15) is 18.1 Å². The van der Waals surface area contributed by atoms with E-state index in [1.54, 1.807) is 0 Å². The van der Waals surface area contributed by atoms with Gasteiger partial charge in [0, 0.05) is 6.42 Å². The van der Waals surface area contributed by atoms with Crippen LogP contribution in [0.15, 0.2) is 42.7 Å². The first kappa shape index (κ1) is 26.7. The van der Waals surface area contributed by atoms with E-state index in [1.165, 1.54) is 134 Å². The van der Waals surface area contributed by atoms with Crippen molar-refractivity contribution in [2.45, 2.75) is 136 Å². The highest BCUT2D eigenvalue weighted by molar-refractivity contribution is 5.31. The highest BCUT2D eigenvalue weighted by Gasteiger charge is 2.18. The van der Waals surface area contributed by atoms with Crippen LogP contribution in [0, 0.1) is 0 Å². The van der Waals surface area contributed by atoms with Crippen molar-refractivity contribution < 1.29 is 4.57 Å². The van der Waals surface area contributed by atoms with E-state index < -0.39 is 0 Å². The fourth-order valence-corrected chi connectivity index (χ4v) is 4.76. The van der Waals surface area contributed by atoms with Crippen LogP contribution < -0.4 is 4.57 Å². The lowest BCUT2D eigenvalue weighted by atomic mass is 10.1. The number of nitrogens with zero attached hydrogens (tertiary/aromatic N) is 2. The Morgan fingerprint density at radius 3 is 1.66 bits per heavy atom. The van der Waals surface area contributed by atoms with E-state index in [0.29, 0.717) is 0 Å². The molecule has 0 aliphatic carbocycles. The molecule has 0 aliphatic rings. The van der Waals surface area contributed by atoms with Crippen LogP contribution in [-0.4, -0.2) is 4.57 Å². The average molecular weight is 440 g/mol. The summed E-state index contributed by atoms with van der Waals surface area (Å²) >= 11 is 0. The molecule has 1 heterocycles. The Kier molecular flexibility index (Phi) is 14.9. The number of hydrogen-bond acceptors (Lipinski definition) is 0. The Bertz CT molecular complexity index is 673. The molecule has 180 valence electrons. The van der Waals surface area contributed by atoms with Crippen molar-refractivity contribution in [1.29, 1.82) is 0 Å². The minimum atomic E-state index is 1.17. The second-order valence-corrected chi connectivity index (χ2v) is 9.67. The Hall–Kier alpha value is -1.57. The number of benzene rings is 1. The number of aryl methyl sites for hydroxylation is 1. The third kappa shape index (κ3) is 10.8. The predicted molar refractivity (Wildman–Crippen MR) is 140 cm³/mol. The molecule has 0 atom stereocenters. The summed E-state index contributed by atoms with van der Waals surface area (Å²) < 4.78 is 4.96. The normalized spacial score (nSPS) is 11.3. The van der Waals surface area contributed by atoms with E-state index in [4.69, 9.17) is 0 Å². The van der Waals surface area contributed by atoms with Crippen molar-refractivity contribution in [2.75, 3.05) is 0 Å². The molecule has 0 bridgehead atoms. The zero-order valence-electron chi connectivity index (χ0n) is 21.4. The predicted octanol–water partition coefficient (Wildman–Crippen LogP) is 8.98. The van der Waals surface area contributed by atoms with Crippen molar-refractivity contribution in [3.8, 4) is 5.69 Å². The van der Waals surface area contributed by atoms with Gasteiger partial charge in [-0.15, -0.1) is 0 Å². The summed E-state index contributed by atoms with van der Waals surface area (Å²) in [5.41, 5.74) is 1.30. The van der Waals surface area contributed by atoms with Gasteiger partial charge in [0.25, 0.3) is 5.82 Å². The maximum atomic E-state index is 2.53. The monoisotopic (exact) mass is 439 g/mol. The molecular formula is C30H51N2+. The smallest absolute Gasteiger partial charge is 0.234 e. The molecule has 0 saturated heterocycles. The van der Waals surface area contributed by atoms with Gasteiger partial charge in [-0.2, -0.15) is 4.57 Å². The maximum absolute atomic E-state index is 2.53. The topological polar surface area (TPSA) is 8.81 Å². The molecule has 0 saturated carbocycles. The molecule has 0 aliphatic heterocycles. The Morgan fingerprint density at radius 2 is 1.09 bits per heavy atom.